The Labute approximate surface area is 152 Å². The zero-order valence-corrected chi connectivity index (χ0v) is 14.9. The number of hydrogen-bond acceptors (Lipinski definition) is 4. The van der Waals surface area contributed by atoms with Gasteiger partial charge in [0.15, 0.2) is 0 Å². The highest BCUT2D eigenvalue weighted by Gasteiger charge is 2.23. The fourth-order valence-electron chi connectivity index (χ4n) is 2.91. The molecule has 1 aromatic carbocycles. The van der Waals surface area contributed by atoms with E-state index in [0.29, 0.717) is 24.5 Å². The first-order chi connectivity index (χ1) is 12.7. The van der Waals surface area contributed by atoms with Crippen LogP contribution >= 0.6 is 0 Å². The largest absolute Gasteiger partial charge is 0.368 e. The summed E-state index contributed by atoms with van der Waals surface area (Å²) in [4.78, 5) is 24.3. The van der Waals surface area contributed by atoms with Crippen LogP contribution in [0.1, 0.15) is 47.9 Å². The van der Waals surface area contributed by atoms with Crippen molar-refractivity contribution in [3.63, 3.8) is 0 Å². The first-order valence-corrected chi connectivity index (χ1v) is 8.99. The van der Waals surface area contributed by atoms with Crippen molar-refractivity contribution in [2.75, 3.05) is 11.9 Å². The molecule has 7 nitrogen and oxygen atoms in total. The minimum absolute atomic E-state index is 0.122. The zero-order chi connectivity index (χ0) is 18.4. The average molecular weight is 356 g/mol. The van der Waals surface area contributed by atoms with Gasteiger partial charge in [-0.25, -0.2) is 0 Å². The summed E-state index contributed by atoms with van der Waals surface area (Å²) in [6.07, 6.45) is 3.17. The number of aromatic amines is 1. The standard InChI is InChI=1S/C19H24N4O3/c1-2-5-15-11-16(23-22-15)18(24)20-12-13-6-3-7-14(10-13)21-19(25)17-8-4-9-26-17/h3,6-7,10-11,17H,2,4-5,8-9,12H2,1H3,(H,20,24)(H,21,25)(H,22,23). The number of carbonyl (C=O) groups is 2. The number of aryl methyl sites for hydroxylation is 1. The molecule has 0 bridgehead atoms. The average Bonchev–Trinajstić information content (AvgIpc) is 3.32. The highest BCUT2D eigenvalue weighted by Crippen LogP contribution is 2.16. The lowest BCUT2D eigenvalue weighted by Crippen LogP contribution is -2.27. The topological polar surface area (TPSA) is 96.1 Å². The van der Waals surface area contributed by atoms with Crippen molar-refractivity contribution in [2.24, 2.45) is 0 Å². The molecule has 1 unspecified atom stereocenters. The van der Waals surface area contributed by atoms with Gasteiger partial charge in [0.2, 0.25) is 0 Å². The third kappa shape index (κ3) is 4.70. The van der Waals surface area contributed by atoms with Crippen LogP contribution in [0.25, 0.3) is 0 Å². The molecule has 0 aliphatic carbocycles. The van der Waals surface area contributed by atoms with Crippen LogP contribution < -0.4 is 10.6 Å². The summed E-state index contributed by atoms with van der Waals surface area (Å²) >= 11 is 0. The molecule has 1 aromatic heterocycles. The lowest BCUT2D eigenvalue weighted by atomic mass is 10.1. The third-order valence-electron chi connectivity index (χ3n) is 4.25. The van der Waals surface area contributed by atoms with Crippen LogP contribution in [-0.2, 0) is 22.5 Å². The predicted octanol–water partition coefficient (Wildman–Crippen LogP) is 2.41. The van der Waals surface area contributed by atoms with Crippen molar-refractivity contribution in [1.82, 2.24) is 15.5 Å². The third-order valence-corrected chi connectivity index (χ3v) is 4.25. The number of nitrogens with one attached hydrogen (secondary N) is 3. The number of hydrogen-bond donors (Lipinski definition) is 3. The molecule has 2 heterocycles. The van der Waals surface area contributed by atoms with E-state index in [1.165, 1.54) is 0 Å². The summed E-state index contributed by atoms with van der Waals surface area (Å²) < 4.78 is 5.39. The number of rotatable bonds is 7. The van der Waals surface area contributed by atoms with E-state index in [2.05, 4.69) is 27.8 Å². The summed E-state index contributed by atoms with van der Waals surface area (Å²) in [5.41, 5.74) is 2.93. The van der Waals surface area contributed by atoms with E-state index >= 15 is 0 Å². The Kier molecular flexibility index (Phi) is 6.01. The van der Waals surface area contributed by atoms with Gasteiger partial charge in [-0.2, -0.15) is 5.10 Å². The van der Waals surface area contributed by atoms with Gasteiger partial charge in [-0.3, -0.25) is 14.7 Å². The summed E-state index contributed by atoms with van der Waals surface area (Å²) in [6, 6.07) is 9.19. The van der Waals surface area contributed by atoms with E-state index < -0.39 is 0 Å². The van der Waals surface area contributed by atoms with Crippen LogP contribution in [0.3, 0.4) is 0 Å². The SMILES string of the molecule is CCCc1cc(C(=O)NCc2cccc(NC(=O)C3CCCO3)c2)n[nH]1. The Morgan fingerprint density at radius 3 is 3.00 bits per heavy atom. The summed E-state index contributed by atoms with van der Waals surface area (Å²) in [5.74, 6) is -0.346. The Morgan fingerprint density at radius 2 is 2.23 bits per heavy atom. The minimum Gasteiger partial charge on any atom is -0.368 e. The molecular weight excluding hydrogens is 332 g/mol. The quantitative estimate of drug-likeness (QED) is 0.710. The Bertz CT molecular complexity index is 766. The van der Waals surface area contributed by atoms with E-state index in [1.54, 1.807) is 6.07 Å². The summed E-state index contributed by atoms with van der Waals surface area (Å²) in [5, 5.41) is 12.6. The number of nitrogens with zero attached hydrogens (tertiary/aromatic N) is 1. The van der Waals surface area contributed by atoms with Crippen molar-refractivity contribution in [1.29, 1.82) is 0 Å². The molecule has 1 fully saturated rings. The highest BCUT2D eigenvalue weighted by atomic mass is 16.5. The Hall–Kier alpha value is -2.67. The fraction of sp³-hybridized carbons (Fsp3) is 0.421. The Morgan fingerprint density at radius 1 is 1.35 bits per heavy atom. The molecule has 0 radical (unpaired) electrons. The lowest BCUT2D eigenvalue weighted by molar-refractivity contribution is -0.124. The van der Waals surface area contributed by atoms with Crippen LogP contribution in [0, 0.1) is 0 Å². The molecule has 26 heavy (non-hydrogen) atoms. The first-order valence-electron chi connectivity index (χ1n) is 8.99. The van der Waals surface area contributed by atoms with Gasteiger partial charge in [-0.15, -0.1) is 0 Å². The van der Waals surface area contributed by atoms with Crippen LogP contribution in [0.2, 0.25) is 0 Å². The molecule has 0 spiro atoms. The minimum atomic E-state index is -0.365. The van der Waals surface area contributed by atoms with Gasteiger partial charge in [-0.1, -0.05) is 25.5 Å². The number of H-pyrrole nitrogens is 1. The van der Waals surface area contributed by atoms with Gasteiger partial charge in [0.25, 0.3) is 11.8 Å². The molecule has 138 valence electrons. The maximum atomic E-state index is 12.2. The van der Waals surface area contributed by atoms with E-state index in [9.17, 15) is 9.59 Å². The van der Waals surface area contributed by atoms with E-state index in [0.717, 1.165) is 36.9 Å². The van der Waals surface area contributed by atoms with Gasteiger partial charge in [0, 0.05) is 24.5 Å². The molecule has 3 rings (SSSR count). The van der Waals surface area contributed by atoms with E-state index in [1.807, 2.05) is 24.3 Å². The number of carbonyl (C=O) groups excluding carboxylic acids is 2. The summed E-state index contributed by atoms with van der Waals surface area (Å²) in [6.45, 7) is 3.07. The Balaban J connectivity index is 1.54. The molecule has 1 aliphatic heterocycles. The fourth-order valence-corrected chi connectivity index (χ4v) is 2.91. The van der Waals surface area contributed by atoms with Gasteiger partial charge in [-0.05, 0) is 43.0 Å². The van der Waals surface area contributed by atoms with Crippen LogP contribution in [0.4, 0.5) is 5.69 Å². The highest BCUT2D eigenvalue weighted by molar-refractivity contribution is 5.94. The molecule has 1 aliphatic rings. The van der Waals surface area contributed by atoms with Crippen molar-refractivity contribution < 1.29 is 14.3 Å². The molecule has 2 aromatic rings. The van der Waals surface area contributed by atoms with Crippen LogP contribution in [0.15, 0.2) is 30.3 Å². The second-order valence-corrected chi connectivity index (χ2v) is 6.40. The van der Waals surface area contributed by atoms with Gasteiger partial charge in [0.05, 0.1) is 0 Å². The van der Waals surface area contributed by atoms with Crippen LogP contribution in [-0.4, -0.2) is 34.7 Å². The second kappa shape index (κ2) is 8.62. The molecular formula is C19H24N4O3. The molecule has 3 N–H and O–H groups in total. The second-order valence-electron chi connectivity index (χ2n) is 6.40. The smallest absolute Gasteiger partial charge is 0.272 e. The number of ether oxygens (including phenoxy) is 1. The van der Waals surface area contributed by atoms with Crippen molar-refractivity contribution in [3.05, 3.63) is 47.3 Å². The molecule has 1 saturated heterocycles. The summed E-state index contributed by atoms with van der Waals surface area (Å²) in [7, 11) is 0. The van der Waals surface area contributed by atoms with Crippen molar-refractivity contribution >= 4 is 17.5 Å². The van der Waals surface area contributed by atoms with Gasteiger partial charge >= 0.3 is 0 Å². The van der Waals surface area contributed by atoms with E-state index in [-0.39, 0.29) is 17.9 Å². The lowest BCUT2D eigenvalue weighted by Gasteiger charge is -2.11. The molecule has 1 atom stereocenters. The normalized spacial score (nSPS) is 16.4. The molecule has 7 heteroatoms. The first kappa shape index (κ1) is 18.1. The molecule has 2 amide bonds. The zero-order valence-electron chi connectivity index (χ0n) is 14.9. The number of anilines is 1. The number of amides is 2. The van der Waals surface area contributed by atoms with Crippen LogP contribution in [0.5, 0.6) is 0 Å². The monoisotopic (exact) mass is 356 g/mol. The number of aromatic nitrogens is 2. The predicted molar refractivity (Wildman–Crippen MR) is 97.8 cm³/mol. The van der Waals surface area contributed by atoms with Gasteiger partial charge in [0.1, 0.15) is 11.8 Å². The maximum absolute atomic E-state index is 12.2. The van der Waals surface area contributed by atoms with Crippen molar-refractivity contribution in [2.45, 2.75) is 45.3 Å². The van der Waals surface area contributed by atoms with E-state index in [4.69, 9.17) is 4.74 Å². The maximum Gasteiger partial charge on any atom is 0.272 e. The molecule has 0 saturated carbocycles. The van der Waals surface area contributed by atoms with Gasteiger partial charge < -0.3 is 15.4 Å². The van der Waals surface area contributed by atoms with Crippen molar-refractivity contribution in [3.8, 4) is 0 Å². The number of benzene rings is 1.